The van der Waals surface area contributed by atoms with Crippen molar-refractivity contribution in [2.24, 2.45) is 10.9 Å². The van der Waals surface area contributed by atoms with Crippen LogP contribution in [0, 0.1) is 0 Å². The van der Waals surface area contributed by atoms with Crippen LogP contribution < -0.4 is 5.73 Å². The number of nitrogens with zero attached hydrogens (tertiary/aromatic N) is 1. The number of nitrogens with two attached hydrogens (primary N) is 1. The highest BCUT2D eigenvalue weighted by atomic mass is 16.5. The van der Waals surface area contributed by atoms with E-state index >= 15 is 0 Å². The lowest BCUT2D eigenvalue weighted by molar-refractivity contribution is 0.115. The maximum atomic E-state index is 8.38. The number of hydrogen-bond acceptors (Lipinski definition) is 5. The highest BCUT2D eigenvalue weighted by Gasteiger charge is 1.95. The Kier molecular flexibility index (Phi) is 12.6. The van der Waals surface area contributed by atoms with Gasteiger partial charge in [0.25, 0.3) is 0 Å². The van der Waals surface area contributed by atoms with Crippen molar-refractivity contribution >= 4 is 5.71 Å². The maximum Gasteiger partial charge on any atom is 0.0717 e. The van der Waals surface area contributed by atoms with Crippen LogP contribution in [0.25, 0.3) is 0 Å². The minimum atomic E-state index is 0.232. The highest BCUT2D eigenvalue weighted by Crippen LogP contribution is 2.02. The predicted octanol–water partition coefficient (Wildman–Crippen LogP) is 4.38. The van der Waals surface area contributed by atoms with Gasteiger partial charge in [0.1, 0.15) is 0 Å². The Bertz CT molecular complexity index is 616. The molecule has 0 aliphatic rings. The normalized spacial score (nSPS) is 12.2. The third kappa shape index (κ3) is 12.7. The Morgan fingerprint density at radius 3 is 1.85 bits per heavy atom. The van der Waals surface area contributed by atoms with Gasteiger partial charge in [0.15, 0.2) is 0 Å². The van der Waals surface area contributed by atoms with Gasteiger partial charge in [-0.2, -0.15) is 0 Å². The number of oxime groups is 1. The molecule has 1 atom stereocenters. The van der Waals surface area contributed by atoms with Gasteiger partial charge in [0.2, 0.25) is 0 Å². The van der Waals surface area contributed by atoms with Gasteiger partial charge in [-0.25, -0.2) is 0 Å². The molecule has 0 saturated carbocycles. The molecule has 2 aromatic rings. The third-order valence-corrected chi connectivity index (χ3v) is 3.72. The van der Waals surface area contributed by atoms with Crippen molar-refractivity contribution in [3.8, 4) is 0 Å². The molecule has 0 radical (unpaired) electrons. The lowest BCUT2D eigenvalue weighted by Gasteiger charge is -2.06. The Morgan fingerprint density at radius 2 is 1.41 bits per heavy atom. The number of rotatable bonds is 10. The van der Waals surface area contributed by atoms with Gasteiger partial charge in [-0.1, -0.05) is 65.8 Å². The van der Waals surface area contributed by atoms with Gasteiger partial charge in [-0.05, 0) is 31.4 Å². The molecule has 148 valence electrons. The number of ether oxygens (including phenoxy) is 2. The molecular formula is C22H32N2O3. The molecule has 3 N–H and O–H groups in total. The smallest absolute Gasteiger partial charge is 0.0717 e. The van der Waals surface area contributed by atoms with Crippen LogP contribution in [0.4, 0.5) is 0 Å². The lowest BCUT2D eigenvalue weighted by Crippen LogP contribution is -2.17. The summed E-state index contributed by atoms with van der Waals surface area (Å²) in [7, 11) is 0. The Hall–Kier alpha value is -2.21. The van der Waals surface area contributed by atoms with E-state index in [0.717, 1.165) is 18.6 Å². The molecule has 5 heteroatoms. The number of hydrogen-bond donors (Lipinski definition) is 2. The molecule has 27 heavy (non-hydrogen) atoms. The molecule has 0 aliphatic carbocycles. The fourth-order valence-electron chi connectivity index (χ4n) is 2.07. The van der Waals surface area contributed by atoms with Crippen molar-refractivity contribution in [3.63, 3.8) is 0 Å². The molecule has 0 aliphatic heterocycles. The van der Waals surface area contributed by atoms with Crippen LogP contribution in [0.3, 0.4) is 0 Å². The maximum absolute atomic E-state index is 8.38. The van der Waals surface area contributed by atoms with Crippen molar-refractivity contribution < 1.29 is 14.7 Å². The average molecular weight is 373 g/mol. The van der Waals surface area contributed by atoms with E-state index in [1.54, 1.807) is 6.92 Å². The first-order chi connectivity index (χ1) is 13.1. The van der Waals surface area contributed by atoms with Gasteiger partial charge >= 0.3 is 0 Å². The van der Waals surface area contributed by atoms with Crippen LogP contribution in [-0.2, 0) is 22.7 Å². The van der Waals surface area contributed by atoms with Crippen LogP contribution in [0.15, 0.2) is 65.8 Å². The Labute approximate surface area is 162 Å². The van der Waals surface area contributed by atoms with Gasteiger partial charge < -0.3 is 20.4 Å². The van der Waals surface area contributed by atoms with Crippen LogP contribution in [0.5, 0.6) is 0 Å². The lowest BCUT2D eigenvalue weighted by atomic mass is 10.2. The topological polar surface area (TPSA) is 77.1 Å². The van der Waals surface area contributed by atoms with Crippen molar-refractivity contribution in [2.45, 2.75) is 45.9 Å². The zero-order valence-corrected chi connectivity index (χ0v) is 16.4. The first-order valence-electron chi connectivity index (χ1n) is 9.28. The van der Waals surface area contributed by atoms with Crippen LogP contribution in [-0.4, -0.2) is 30.2 Å². The second kappa shape index (κ2) is 14.9. The van der Waals surface area contributed by atoms with Crippen LogP contribution in [0.1, 0.15) is 37.8 Å². The van der Waals surface area contributed by atoms with E-state index < -0.39 is 0 Å². The van der Waals surface area contributed by atoms with E-state index in [4.69, 9.17) is 20.4 Å². The third-order valence-electron chi connectivity index (χ3n) is 3.72. The van der Waals surface area contributed by atoms with E-state index in [2.05, 4.69) is 17.3 Å². The van der Waals surface area contributed by atoms with Gasteiger partial charge in [0.05, 0.1) is 25.5 Å². The molecule has 0 heterocycles. The summed E-state index contributed by atoms with van der Waals surface area (Å²) in [6, 6.07) is 20.4. The fraction of sp³-hybridized carbons (Fsp3) is 0.409. The molecule has 0 spiro atoms. The summed E-state index contributed by atoms with van der Waals surface area (Å²) in [5, 5.41) is 11.5. The highest BCUT2D eigenvalue weighted by molar-refractivity contribution is 5.81. The Balaban J connectivity index is 0.000000271. The van der Waals surface area contributed by atoms with E-state index in [-0.39, 0.29) is 6.04 Å². The van der Waals surface area contributed by atoms with E-state index in [1.807, 2.05) is 55.5 Å². The molecule has 0 amide bonds. The molecule has 2 rings (SSSR count). The quantitative estimate of drug-likeness (QED) is 0.281. The summed E-state index contributed by atoms with van der Waals surface area (Å²) < 4.78 is 10.9. The van der Waals surface area contributed by atoms with Crippen molar-refractivity contribution in [2.75, 3.05) is 13.2 Å². The van der Waals surface area contributed by atoms with Gasteiger partial charge in [-0.3, -0.25) is 0 Å². The fourth-order valence-corrected chi connectivity index (χ4v) is 2.07. The molecular weight excluding hydrogens is 340 g/mol. The van der Waals surface area contributed by atoms with E-state index in [1.165, 1.54) is 5.56 Å². The molecule has 0 fully saturated rings. The van der Waals surface area contributed by atoms with Crippen LogP contribution >= 0.6 is 0 Å². The van der Waals surface area contributed by atoms with Crippen molar-refractivity contribution in [3.05, 3.63) is 71.8 Å². The van der Waals surface area contributed by atoms with Crippen LogP contribution in [0.2, 0.25) is 0 Å². The predicted molar refractivity (Wildman–Crippen MR) is 110 cm³/mol. The number of benzene rings is 2. The summed E-state index contributed by atoms with van der Waals surface area (Å²) in [5.41, 5.74) is 8.66. The van der Waals surface area contributed by atoms with Gasteiger partial charge in [-0.15, -0.1) is 0 Å². The zero-order valence-electron chi connectivity index (χ0n) is 16.4. The second-order valence-electron chi connectivity index (χ2n) is 6.43. The summed E-state index contributed by atoms with van der Waals surface area (Å²) in [5.74, 6) is 0. The van der Waals surface area contributed by atoms with E-state index in [9.17, 15) is 0 Å². The average Bonchev–Trinajstić information content (AvgIpc) is 2.70. The molecule has 2 aromatic carbocycles. The van der Waals surface area contributed by atoms with Crippen molar-refractivity contribution in [1.82, 2.24) is 0 Å². The minimum Gasteiger partial charge on any atom is -0.411 e. The zero-order chi connectivity index (χ0) is 19.7. The molecule has 5 nitrogen and oxygen atoms in total. The summed E-state index contributed by atoms with van der Waals surface area (Å²) in [6.07, 6.45) is 1.59. The largest absolute Gasteiger partial charge is 0.411 e. The van der Waals surface area contributed by atoms with Crippen molar-refractivity contribution in [1.29, 1.82) is 0 Å². The SMILES string of the molecule is C/C(CCOCc1ccccc1)=N\O.CC(N)CCOCc1ccccc1. The molecule has 0 saturated heterocycles. The van der Waals surface area contributed by atoms with E-state index in [0.29, 0.717) is 32.0 Å². The first-order valence-corrected chi connectivity index (χ1v) is 9.28. The molecule has 0 aromatic heterocycles. The minimum absolute atomic E-state index is 0.232. The Morgan fingerprint density at radius 1 is 0.926 bits per heavy atom. The monoisotopic (exact) mass is 372 g/mol. The van der Waals surface area contributed by atoms with Gasteiger partial charge in [0, 0.05) is 19.1 Å². The standard InChI is InChI=1S/C11H15NO2.C11H17NO/c1-10(12-13)7-8-14-9-11-5-3-2-4-6-11;1-10(12)7-8-13-9-11-5-3-2-4-6-11/h2-6,13H,7-9H2,1H3;2-6,10H,7-9,12H2,1H3/b12-10+;. The summed E-state index contributed by atoms with van der Waals surface area (Å²) in [6.45, 7) is 6.39. The summed E-state index contributed by atoms with van der Waals surface area (Å²) in [4.78, 5) is 0. The second-order valence-corrected chi connectivity index (χ2v) is 6.43. The molecule has 0 bridgehead atoms. The first kappa shape index (κ1) is 22.8. The molecule has 1 unspecified atom stereocenters. The summed E-state index contributed by atoms with van der Waals surface area (Å²) >= 11 is 0.